The number of piperidine rings is 1. The van der Waals surface area contributed by atoms with Gasteiger partial charge in [-0.2, -0.15) is 0 Å². The summed E-state index contributed by atoms with van der Waals surface area (Å²) in [7, 11) is 1.78. The van der Waals surface area contributed by atoms with Gasteiger partial charge in [0.05, 0.1) is 6.04 Å². The molecule has 0 saturated carbocycles. The zero-order valence-corrected chi connectivity index (χ0v) is 23.7. The largest absolute Gasteiger partial charge is 0.455 e. The van der Waals surface area contributed by atoms with Crippen LogP contribution in [0.3, 0.4) is 0 Å². The number of hydrogen-bond acceptors (Lipinski definition) is 8. The summed E-state index contributed by atoms with van der Waals surface area (Å²) < 4.78 is 5.61. The van der Waals surface area contributed by atoms with Crippen LogP contribution in [0.1, 0.15) is 102 Å². The fourth-order valence-corrected chi connectivity index (χ4v) is 5.72. The molecule has 2 heterocycles. The van der Waals surface area contributed by atoms with Gasteiger partial charge in [0.2, 0.25) is 5.91 Å². The Morgan fingerprint density at radius 3 is 2.39 bits per heavy atom. The van der Waals surface area contributed by atoms with Crippen LogP contribution in [0.15, 0.2) is 5.38 Å². The van der Waals surface area contributed by atoms with Gasteiger partial charge in [-0.15, -0.1) is 11.3 Å². The van der Waals surface area contributed by atoms with Crippen molar-refractivity contribution in [3.8, 4) is 0 Å². The topological polar surface area (TPSA) is 106 Å². The van der Waals surface area contributed by atoms with Crippen molar-refractivity contribution >= 4 is 34.8 Å². The van der Waals surface area contributed by atoms with E-state index < -0.39 is 18.0 Å². The molecule has 0 unspecified atom stereocenters. The SMILES string of the molecule is CC[C@H](C)[C@H](CC(=O)[C@H]1CCCCN1)C(=O)N(C)[C@H](C[C@@H](OC(C)=O)c1nc(C(C)=O)cs1)C(C)C. The number of ether oxygens (including phenoxy) is 1. The average molecular weight is 522 g/mol. The number of nitrogens with zero attached hydrogens (tertiary/aromatic N) is 2. The Hall–Kier alpha value is -2.13. The van der Waals surface area contributed by atoms with Gasteiger partial charge in [-0.3, -0.25) is 19.2 Å². The third kappa shape index (κ3) is 8.20. The van der Waals surface area contributed by atoms with Crippen LogP contribution in [-0.4, -0.2) is 59.0 Å². The number of rotatable bonds is 13. The fourth-order valence-electron chi connectivity index (χ4n) is 4.82. The van der Waals surface area contributed by atoms with E-state index in [9.17, 15) is 19.2 Å². The van der Waals surface area contributed by atoms with E-state index in [2.05, 4.69) is 10.3 Å². The van der Waals surface area contributed by atoms with Crippen molar-refractivity contribution in [3.63, 3.8) is 0 Å². The lowest BCUT2D eigenvalue weighted by Crippen LogP contribution is -2.47. The van der Waals surface area contributed by atoms with Gasteiger partial charge in [0.25, 0.3) is 0 Å². The van der Waals surface area contributed by atoms with Crippen LogP contribution in [0.5, 0.6) is 0 Å². The molecular formula is C27H43N3O5S. The van der Waals surface area contributed by atoms with Crippen LogP contribution >= 0.6 is 11.3 Å². The van der Waals surface area contributed by atoms with E-state index in [1.165, 1.54) is 25.2 Å². The Morgan fingerprint density at radius 1 is 1.19 bits per heavy atom. The minimum absolute atomic E-state index is 0.0571. The minimum atomic E-state index is -0.668. The Bertz CT molecular complexity index is 909. The van der Waals surface area contributed by atoms with Gasteiger partial charge in [-0.1, -0.05) is 40.5 Å². The summed E-state index contributed by atoms with van der Waals surface area (Å²) in [5, 5.41) is 5.51. The number of thiazole rings is 1. The summed E-state index contributed by atoms with van der Waals surface area (Å²) in [6.45, 7) is 11.8. The molecule has 2 rings (SSSR count). The molecule has 0 radical (unpaired) electrons. The molecule has 1 aromatic heterocycles. The van der Waals surface area contributed by atoms with Gasteiger partial charge < -0.3 is 15.0 Å². The van der Waals surface area contributed by atoms with Crippen molar-refractivity contribution in [2.45, 2.75) is 98.3 Å². The molecule has 1 aliphatic heterocycles. The second-order valence-corrected chi connectivity index (χ2v) is 11.3. The summed E-state index contributed by atoms with van der Waals surface area (Å²) in [6.07, 6.45) is 3.64. The standard InChI is InChI=1S/C27H43N3O5S/c1-8-17(4)20(13-24(33)21-11-9-10-12-28-21)27(34)30(7)23(16(2)3)14-25(35-19(6)32)26-29-22(15-36-26)18(5)31/h15-17,20-21,23,25,28H,8-14H2,1-7H3/t17-,20-,21+,23+,25+/m0/s1. The number of Topliss-reactive ketones (excluding diaryl/α,β-unsaturated/α-hetero) is 2. The number of amides is 1. The van der Waals surface area contributed by atoms with Gasteiger partial charge in [-0.25, -0.2) is 4.98 Å². The quantitative estimate of drug-likeness (QED) is 0.299. The van der Waals surface area contributed by atoms with E-state index in [0.29, 0.717) is 17.1 Å². The third-order valence-electron chi connectivity index (χ3n) is 7.30. The number of carbonyl (C=O) groups is 4. The zero-order chi connectivity index (χ0) is 27.0. The lowest BCUT2D eigenvalue weighted by atomic mass is 9.83. The van der Waals surface area contributed by atoms with E-state index >= 15 is 0 Å². The molecule has 0 bridgehead atoms. The Balaban J connectivity index is 2.25. The van der Waals surface area contributed by atoms with E-state index in [1.807, 2.05) is 27.7 Å². The molecule has 0 aromatic carbocycles. The molecule has 5 atom stereocenters. The molecule has 9 heteroatoms. The first-order valence-electron chi connectivity index (χ1n) is 13.1. The van der Waals surface area contributed by atoms with Gasteiger partial charge in [0.1, 0.15) is 10.7 Å². The molecule has 8 nitrogen and oxygen atoms in total. The molecule has 202 valence electrons. The molecular weight excluding hydrogens is 478 g/mol. The van der Waals surface area contributed by atoms with Crippen LogP contribution in [-0.2, 0) is 19.1 Å². The van der Waals surface area contributed by atoms with Crippen LogP contribution in [0, 0.1) is 17.8 Å². The monoisotopic (exact) mass is 521 g/mol. The number of aromatic nitrogens is 1. The Kier molecular flexibility index (Phi) is 11.7. The zero-order valence-electron chi connectivity index (χ0n) is 22.8. The number of nitrogens with one attached hydrogen (secondary N) is 1. The molecule has 1 aliphatic rings. The second kappa shape index (κ2) is 14.0. The van der Waals surface area contributed by atoms with E-state index in [-0.39, 0.29) is 47.8 Å². The molecule has 1 amide bonds. The van der Waals surface area contributed by atoms with Gasteiger partial charge in [0, 0.05) is 51.1 Å². The Labute approximate surface area is 219 Å². The van der Waals surface area contributed by atoms with Crippen molar-refractivity contribution < 1.29 is 23.9 Å². The fraction of sp³-hybridized carbons (Fsp3) is 0.741. The van der Waals surface area contributed by atoms with E-state index in [1.54, 1.807) is 17.3 Å². The highest BCUT2D eigenvalue weighted by molar-refractivity contribution is 7.09. The smallest absolute Gasteiger partial charge is 0.303 e. The van der Waals surface area contributed by atoms with Crippen LogP contribution < -0.4 is 5.32 Å². The second-order valence-electron chi connectivity index (χ2n) is 10.4. The van der Waals surface area contributed by atoms with E-state index in [0.717, 1.165) is 32.2 Å². The van der Waals surface area contributed by atoms with Crippen LogP contribution in [0.25, 0.3) is 0 Å². The highest BCUT2D eigenvalue weighted by atomic mass is 32.1. The minimum Gasteiger partial charge on any atom is -0.455 e. The number of carbonyl (C=O) groups excluding carboxylic acids is 4. The van der Waals surface area contributed by atoms with E-state index in [4.69, 9.17) is 4.74 Å². The van der Waals surface area contributed by atoms with Gasteiger partial charge >= 0.3 is 5.97 Å². The highest BCUT2D eigenvalue weighted by Gasteiger charge is 2.36. The van der Waals surface area contributed by atoms with Crippen molar-refractivity contribution in [1.29, 1.82) is 0 Å². The molecule has 1 saturated heterocycles. The van der Waals surface area contributed by atoms with Gasteiger partial charge in [0.15, 0.2) is 17.7 Å². The van der Waals surface area contributed by atoms with Crippen molar-refractivity contribution in [2.75, 3.05) is 13.6 Å². The molecule has 1 N–H and O–H groups in total. The van der Waals surface area contributed by atoms with Crippen LogP contribution in [0.2, 0.25) is 0 Å². The number of esters is 1. The first-order valence-corrected chi connectivity index (χ1v) is 14.0. The number of hydrogen-bond donors (Lipinski definition) is 1. The predicted molar refractivity (Wildman–Crippen MR) is 141 cm³/mol. The lowest BCUT2D eigenvalue weighted by molar-refractivity contribution is -0.149. The summed E-state index contributed by atoms with van der Waals surface area (Å²) >= 11 is 1.28. The van der Waals surface area contributed by atoms with Crippen molar-refractivity contribution in [2.24, 2.45) is 17.8 Å². The molecule has 0 spiro atoms. The lowest BCUT2D eigenvalue weighted by Gasteiger charge is -2.37. The summed E-state index contributed by atoms with van der Waals surface area (Å²) in [5.74, 6) is -0.829. The summed E-state index contributed by atoms with van der Waals surface area (Å²) in [4.78, 5) is 56.7. The molecule has 36 heavy (non-hydrogen) atoms. The molecule has 1 aromatic rings. The first kappa shape index (κ1) is 30.1. The summed E-state index contributed by atoms with van der Waals surface area (Å²) in [5.41, 5.74) is 0.337. The van der Waals surface area contributed by atoms with Crippen LogP contribution in [0.4, 0.5) is 0 Å². The van der Waals surface area contributed by atoms with Gasteiger partial charge in [-0.05, 0) is 31.2 Å². The maximum atomic E-state index is 13.8. The third-order valence-corrected chi connectivity index (χ3v) is 8.24. The summed E-state index contributed by atoms with van der Waals surface area (Å²) in [6, 6.07) is -0.418. The molecule has 1 fully saturated rings. The van der Waals surface area contributed by atoms with Crippen molar-refractivity contribution in [1.82, 2.24) is 15.2 Å². The maximum absolute atomic E-state index is 13.8. The van der Waals surface area contributed by atoms with Crippen molar-refractivity contribution in [3.05, 3.63) is 16.1 Å². The maximum Gasteiger partial charge on any atom is 0.303 e. The number of ketones is 2. The highest BCUT2D eigenvalue weighted by Crippen LogP contribution is 2.32. The predicted octanol–water partition coefficient (Wildman–Crippen LogP) is 4.59. The Morgan fingerprint density at radius 2 is 1.89 bits per heavy atom. The first-order chi connectivity index (χ1) is 17.0. The normalized spacial score (nSPS) is 19.3. The molecule has 0 aliphatic carbocycles. The average Bonchev–Trinajstić information content (AvgIpc) is 3.34.